The normalized spacial score (nSPS) is 12.2. The van der Waals surface area contributed by atoms with Crippen LogP contribution in [0.3, 0.4) is 0 Å². The maximum Gasteiger partial charge on any atom is 0.0682 e. The first kappa shape index (κ1) is 12.1. The van der Waals surface area contributed by atoms with E-state index in [4.69, 9.17) is 5.73 Å². The molecule has 2 N–H and O–H groups in total. The first-order valence-electron chi connectivity index (χ1n) is 6.23. The monoisotopic (exact) mass is 231 g/mol. The van der Waals surface area contributed by atoms with E-state index in [9.17, 15) is 0 Å². The van der Waals surface area contributed by atoms with Crippen molar-refractivity contribution in [2.75, 3.05) is 6.54 Å². The summed E-state index contributed by atoms with van der Waals surface area (Å²) in [6.07, 6.45) is 4.19. The van der Waals surface area contributed by atoms with Gasteiger partial charge in [-0.25, -0.2) is 0 Å². The number of aromatic nitrogens is 2. The summed E-state index contributed by atoms with van der Waals surface area (Å²) >= 11 is 0. The van der Waals surface area contributed by atoms with Crippen molar-refractivity contribution in [1.82, 2.24) is 9.78 Å². The average Bonchev–Trinajstić information content (AvgIpc) is 2.73. The molecule has 0 spiro atoms. The number of aryl methyl sites for hydroxylation is 1. The molecule has 1 heterocycles. The standard InChI is InChI=1S/C14H21N3/c1-14(2,11-15)8-5-9-17-13-7-4-3-6-12(13)10-16-17/h3-4,6-7,10H,5,8-9,11,15H2,1-2H3. The molecule has 0 radical (unpaired) electrons. The molecule has 1 aromatic carbocycles. The summed E-state index contributed by atoms with van der Waals surface area (Å²) in [5.74, 6) is 0. The molecule has 0 unspecified atom stereocenters. The Morgan fingerprint density at radius 3 is 2.82 bits per heavy atom. The Bertz CT molecular complexity index is 485. The molecule has 3 heteroatoms. The second-order valence-corrected chi connectivity index (χ2v) is 5.40. The highest BCUT2D eigenvalue weighted by molar-refractivity contribution is 5.78. The van der Waals surface area contributed by atoms with Gasteiger partial charge in [0, 0.05) is 11.9 Å². The maximum atomic E-state index is 5.73. The van der Waals surface area contributed by atoms with Crippen LogP contribution in [0.25, 0.3) is 10.9 Å². The van der Waals surface area contributed by atoms with E-state index in [2.05, 4.69) is 41.8 Å². The summed E-state index contributed by atoms with van der Waals surface area (Å²) in [6.45, 7) is 6.15. The number of benzene rings is 1. The van der Waals surface area contributed by atoms with Gasteiger partial charge < -0.3 is 5.73 Å². The van der Waals surface area contributed by atoms with Crippen molar-refractivity contribution in [2.45, 2.75) is 33.2 Å². The van der Waals surface area contributed by atoms with Gasteiger partial charge in [-0.15, -0.1) is 0 Å². The molecule has 0 saturated carbocycles. The Labute approximate surface area is 103 Å². The molecule has 0 saturated heterocycles. The summed E-state index contributed by atoms with van der Waals surface area (Å²) in [4.78, 5) is 0. The molecule has 92 valence electrons. The van der Waals surface area contributed by atoms with Crippen LogP contribution in [0.5, 0.6) is 0 Å². The van der Waals surface area contributed by atoms with E-state index in [-0.39, 0.29) is 5.41 Å². The lowest BCUT2D eigenvalue weighted by Crippen LogP contribution is -2.23. The molecule has 0 aliphatic rings. The van der Waals surface area contributed by atoms with Crippen LogP contribution < -0.4 is 5.73 Å². The highest BCUT2D eigenvalue weighted by atomic mass is 15.3. The van der Waals surface area contributed by atoms with Gasteiger partial charge in [0.2, 0.25) is 0 Å². The minimum absolute atomic E-state index is 0.239. The van der Waals surface area contributed by atoms with Gasteiger partial charge in [0.1, 0.15) is 0 Å². The number of hydrogen-bond acceptors (Lipinski definition) is 2. The molecule has 1 aromatic heterocycles. The largest absolute Gasteiger partial charge is 0.330 e. The van der Waals surface area contributed by atoms with E-state index >= 15 is 0 Å². The number of nitrogens with zero attached hydrogens (tertiary/aromatic N) is 2. The molecule has 17 heavy (non-hydrogen) atoms. The minimum atomic E-state index is 0.239. The average molecular weight is 231 g/mol. The number of hydrogen-bond donors (Lipinski definition) is 1. The van der Waals surface area contributed by atoms with Crippen LogP contribution in [-0.4, -0.2) is 16.3 Å². The van der Waals surface area contributed by atoms with E-state index in [1.54, 1.807) is 0 Å². The van der Waals surface area contributed by atoms with Crippen molar-refractivity contribution in [3.63, 3.8) is 0 Å². The Hall–Kier alpha value is -1.35. The quantitative estimate of drug-likeness (QED) is 0.860. The minimum Gasteiger partial charge on any atom is -0.330 e. The Kier molecular flexibility index (Phi) is 3.48. The highest BCUT2D eigenvalue weighted by Crippen LogP contribution is 2.21. The first-order valence-corrected chi connectivity index (χ1v) is 6.23. The zero-order chi connectivity index (χ0) is 12.3. The molecule has 0 amide bonds. The van der Waals surface area contributed by atoms with Gasteiger partial charge in [0.25, 0.3) is 0 Å². The van der Waals surface area contributed by atoms with E-state index < -0.39 is 0 Å². The van der Waals surface area contributed by atoms with Crippen molar-refractivity contribution in [1.29, 1.82) is 0 Å². The predicted octanol–water partition coefficient (Wildman–Crippen LogP) is 2.80. The van der Waals surface area contributed by atoms with Crippen molar-refractivity contribution in [3.8, 4) is 0 Å². The van der Waals surface area contributed by atoms with Crippen molar-refractivity contribution in [3.05, 3.63) is 30.5 Å². The second kappa shape index (κ2) is 4.88. The number of para-hydroxylation sites is 1. The molecular formula is C14H21N3. The topological polar surface area (TPSA) is 43.8 Å². The Morgan fingerprint density at radius 2 is 2.06 bits per heavy atom. The molecule has 0 atom stereocenters. The number of fused-ring (bicyclic) bond motifs is 1. The van der Waals surface area contributed by atoms with E-state index in [1.807, 2.05) is 12.3 Å². The third kappa shape index (κ3) is 2.86. The van der Waals surface area contributed by atoms with E-state index in [0.717, 1.165) is 25.9 Å². The molecule has 0 bridgehead atoms. The fourth-order valence-electron chi connectivity index (χ4n) is 2.01. The first-order chi connectivity index (χ1) is 8.12. The predicted molar refractivity (Wildman–Crippen MR) is 71.8 cm³/mol. The van der Waals surface area contributed by atoms with Crippen LogP contribution in [0, 0.1) is 5.41 Å². The summed E-state index contributed by atoms with van der Waals surface area (Å²) in [6, 6.07) is 8.33. The molecule has 2 aromatic rings. The van der Waals surface area contributed by atoms with Crippen LogP contribution in [0.15, 0.2) is 30.5 Å². The number of rotatable bonds is 5. The lowest BCUT2D eigenvalue weighted by Gasteiger charge is -2.21. The third-order valence-electron chi connectivity index (χ3n) is 3.33. The summed E-state index contributed by atoms with van der Waals surface area (Å²) in [7, 11) is 0. The van der Waals surface area contributed by atoms with Crippen molar-refractivity contribution < 1.29 is 0 Å². The summed E-state index contributed by atoms with van der Waals surface area (Å²) < 4.78 is 2.09. The molecular weight excluding hydrogens is 210 g/mol. The van der Waals surface area contributed by atoms with Gasteiger partial charge in [0.15, 0.2) is 0 Å². The van der Waals surface area contributed by atoms with Crippen LogP contribution in [0.4, 0.5) is 0 Å². The zero-order valence-corrected chi connectivity index (χ0v) is 10.7. The maximum absolute atomic E-state index is 5.73. The van der Waals surface area contributed by atoms with Gasteiger partial charge in [-0.05, 0) is 30.9 Å². The van der Waals surface area contributed by atoms with Crippen molar-refractivity contribution in [2.24, 2.45) is 11.1 Å². The zero-order valence-electron chi connectivity index (χ0n) is 10.7. The van der Waals surface area contributed by atoms with Crippen LogP contribution >= 0.6 is 0 Å². The van der Waals surface area contributed by atoms with Gasteiger partial charge in [-0.3, -0.25) is 4.68 Å². The number of nitrogens with two attached hydrogens (primary N) is 1. The van der Waals surface area contributed by atoms with Gasteiger partial charge in [0.05, 0.1) is 11.7 Å². The van der Waals surface area contributed by atoms with Crippen LogP contribution in [-0.2, 0) is 6.54 Å². The summed E-state index contributed by atoms with van der Waals surface area (Å²) in [5.41, 5.74) is 7.19. The Balaban J connectivity index is 2.00. The lowest BCUT2D eigenvalue weighted by atomic mass is 9.88. The molecule has 2 rings (SSSR count). The molecule has 0 aliphatic carbocycles. The fourth-order valence-corrected chi connectivity index (χ4v) is 2.01. The fraction of sp³-hybridized carbons (Fsp3) is 0.500. The van der Waals surface area contributed by atoms with Gasteiger partial charge >= 0.3 is 0 Å². The lowest BCUT2D eigenvalue weighted by molar-refractivity contribution is 0.325. The van der Waals surface area contributed by atoms with E-state index in [1.165, 1.54) is 10.9 Å². The highest BCUT2D eigenvalue weighted by Gasteiger charge is 2.14. The smallest absolute Gasteiger partial charge is 0.0682 e. The molecule has 0 fully saturated rings. The molecule has 3 nitrogen and oxygen atoms in total. The third-order valence-corrected chi connectivity index (χ3v) is 3.33. The van der Waals surface area contributed by atoms with Crippen LogP contribution in [0.2, 0.25) is 0 Å². The van der Waals surface area contributed by atoms with Gasteiger partial charge in [-0.2, -0.15) is 5.10 Å². The second-order valence-electron chi connectivity index (χ2n) is 5.40. The summed E-state index contributed by atoms with van der Waals surface area (Å²) in [5, 5.41) is 5.64. The Morgan fingerprint density at radius 1 is 1.29 bits per heavy atom. The SMILES string of the molecule is CC(C)(CN)CCCn1ncc2ccccc21. The van der Waals surface area contributed by atoms with Gasteiger partial charge in [-0.1, -0.05) is 32.0 Å². The van der Waals surface area contributed by atoms with E-state index in [0.29, 0.717) is 0 Å². The molecule has 0 aliphatic heterocycles. The van der Waals surface area contributed by atoms with Crippen LogP contribution in [0.1, 0.15) is 26.7 Å². The van der Waals surface area contributed by atoms with Crippen molar-refractivity contribution >= 4 is 10.9 Å².